The first-order valence-electron chi connectivity index (χ1n) is 5.59. The minimum absolute atomic E-state index is 0.00721. The lowest BCUT2D eigenvalue weighted by Gasteiger charge is -2.05. The number of halogens is 1. The summed E-state index contributed by atoms with van der Waals surface area (Å²) in [7, 11) is 0. The summed E-state index contributed by atoms with van der Waals surface area (Å²) in [5, 5.41) is 0. The van der Waals surface area contributed by atoms with E-state index in [1.54, 1.807) is 22.8 Å². The van der Waals surface area contributed by atoms with Gasteiger partial charge in [-0.25, -0.2) is 9.37 Å². The molecule has 0 spiro atoms. The summed E-state index contributed by atoms with van der Waals surface area (Å²) in [6.07, 6.45) is 1.44. The first kappa shape index (κ1) is 11.4. The minimum Gasteiger partial charge on any atom is -0.369 e. The Hall–Kier alpha value is -2.70. The van der Waals surface area contributed by atoms with E-state index in [0.29, 0.717) is 11.2 Å². The number of rotatable bonds is 2. The first-order valence-corrected chi connectivity index (χ1v) is 5.59. The van der Waals surface area contributed by atoms with Gasteiger partial charge in [0.2, 0.25) is 5.95 Å². The number of aromatic nitrogens is 4. The summed E-state index contributed by atoms with van der Waals surface area (Å²) in [6, 6.07) is 6.40. The number of benzene rings is 1. The van der Waals surface area contributed by atoms with Crippen LogP contribution >= 0.6 is 0 Å². The molecule has 0 amide bonds. The Bertz CT molecular complexity index is 807. The number of imidazole rings is 1. The lowest BCUT2D eigenvalue weighted by Crippen LogP contribution is -2.12. The largest absolute Gasteiger partial charge is 0.369 e. The second-order valence-corrected chi connectivity index (χ2v) is 4.09. The van der Waals surface area contributed by atoms with Gasteiger partial charge in [0.1, 0.15) is 5.82 Å². The number of nitrogens with one attached hydrogen (secondary N) is 1. The number of anilines is 1. The number of nitrogen functional groups attached to an aromatic ring is 1. The summed E-state index contributed by atoms with van der Waals surface area (Å²) >= 11 is 0. The van der Waals surface area contributed by atoms with Gasteiger partial charge in [0.15, 0.2) is 11.2 Å². The number of fused-ring (bicyclic) bond motifs is 1. The van der Waals surface area contributed by atoms with Crippen LogP contribution in [0.4, 0.5) is 10.3 Å². The van der Waals surface area contributed by atoms with Gasteiger partial charge in [-0.15, -0.1) is 0 Å². The van der Waals surface area contributed by atoms with Gasteiger partial charge in [0.05, 0.1) is 12.9 Å². The number of nitrogens with two attached hydrogens (primary N) is 1. The molecule has 96 valence electrons. The van der Waals surface area contributed by atoms with Crippen molar-refractivity contribution < 1.29 is 4.39 Å². The highest BCUT2D eigenvalue weighted by Gasteiger charge is 2.10. The van der Waals surface area contributed by atoms with Crippen LogP contribution in [-0.4, -0.2) is 19.5 Å². The maximum absolute atomic E-state index is 13.6. The van der Waals surface area contributed by atoms with E-state index in [-0.39, 0.29) is 23.8 Å². The maximum atomic E-state index is 13.6. The highest BCUT2D eigenvalue weighted by Crippen LogP contribution is 2.12. The summed E-state index contributed by atoms with van der Waals surface area (Å²) in [6.45, 7) is 0.235. The molecule has 3 aromatic rings. The third-order valence-corrected chi connectivity index (χ3v) is 2.79. The molecule has 3 N–H and O–H groups in total. The Labute approximate surface area is 106 Å². The average molecular weight is 259 g/mol. The van der Waals surface area contributed by atoms with Gasteiger partial charge < -0.3 is 10.3 Å². The van der Waals surface area contributed by atoms with Crippen molar-refractivity contribution in [3.63, 3.8) is 0 Å². The van der Waals surface area contributed by atoms with Crippen LogP contribution in [0, 0.1) is 5.82 Å². The predicted molar refractivity (Wildman–Crippen MR) is 68.1 cm³/mol. The molecular formula is C12H10FN5O. The highest BCUT2D eigenvalue weighted by molar-refractivity contribution is 5.70. The van der Waals surface area contributed by atoms with E-state index in [2.05, 4.69) is 15.0 Å². The van der Waals surface area contributed by atoms with E-state index in [4.69, 9.17) is 5.73 Å². The first-order chi connectivity index (χ1) is 9.15. The standard InChI is InChI=1S/C12H10FN5O/c13-8-4-2-1-3-7(8)5-18-6-15-9-10(18)16-12(14)17-11(9)19/h1-4,6H,5H2,(H3,14,16,17,19). The van der Waals surface area contributed by atoms with Gasteiger partial charge in [-0.1, -0.05) is 18.2 Å². The second-order valence-electron chi connectivity index (χ2n) is 4.09. The zero-order valence-electron chi connectivity index (χ0n) is 9.80. The fourth-order valence-electron chi connectivity index (χ4n) is 1.90. The molecule has 0 bridgehead atoms. The third kappa shape index (κ3) is 1.95. The van der Waals surface area contributed by atoms with Crippen LogP contribution in [0.5, 0.6) is 0 Å². The monoisotopic (exact) mass is 259 g/mol. The summed E-state index contributed by atoms with van der Waals surface area (Å²) in [5.41, 5.74) is 6.10. The zero-order chi connectivity index (χ0) is 13.4. The van der Waals surface area contributed by atoms with E-state index in [0.717, 1.165) is 0 Å². The molecule has 2 aromatic heterocycles. The van der Waals surface area contributed by atoms with E-state index in [9.17, 15) is 9.18 Å². The molecule has 0 fully saturated rings. The molecule has 0 aliphatic rings. The van der Waals surface area contributed by atoms with E-state index in [1.807, 2.05) is 0 Å². The quantitative estimate of drug-likeness (QED) is 0.715. The van der Waals surface area contributed by atoms with Gasteiger partial charge in [-0.3, -0.25) is 9.78 Å². The van der Waals surface area contributed by atoms with Crippen LogP contribution in [0.3, 0.4) is 0 Å². The Morgan fingerprint density at radius 3 is 2.95 bits per heavy atom. The van der Waals surface area contributed by atoms with Crippen molar-refractivity contribution in [3.05, 3.63) is 52.3 Å². The van der Waals surface area contributed by atoms with Gasteiger partial charge >= 0.3 is 0 Å². The number of H-pyrrole nitrogens is 1. The molecule has 6 nitrogen and oxygen atoms in total. The molecule has 0 aliphatic carbocycles. The fourth-order valence-corrected chi connectivity index (χ4v) is 1.90. The summed E-state index contributed by atoms with van der Waals surface area (Å²) < 4.78 is 15.2. The molecule has 2 heterocycles. The molecule has 0 radical (unpaired) electrons. The summed E-state index contributed by atoms with van der Waals surface area (Å²) in [5.74, 6) is -0.310. The second kappa shape index (κ2) is 4.20. The fraction of sp³-hybridized carbons (Fsp3) is 0.0833. The van der Waals surface area contributed by atoms with Crippen LogP contribution in [0.2, 0.25) is 0 Å². The SMILES string of the molecule is Nc1nc2c(ncn2Cc2ccccc2F)c(=O)[nH]1. The van der Waals surface area contributed by atoms with Crippen LogP contribution in [0.15, 0.2) is 35.4 Å². The van der Waals surface area contributed by atoms with Crippen LogP contribution in [0.1, 0.15) is 5.56 Å². The van der Waals surface area contributed by atoms with E-state index in [1.165, 1.54) is 12.4 Å². The van der Waals surface area contributed by atoms with Gasteiger partial charge in [0, 0.05) is 5.56 Å². The van der Waals surface area contributed by atoms with Gasteiger partial charge in [0.25, 0.3) is 5.56 Å². The average Bonchev–Trinajstić information content (AvgIpc) is 2.76. The summed E-state index contributed by atoms with van der Waals surface area (Å²) in [4.78, 5) is 22.0. The Kier molecular flexibility index (Phi) is 2.52. The molecule has 3 rings (SSSR count). The predicted octanol–water partition coefficient (Wildman–Crippen LogP) is 0.889. The molecule has 0 saturated heterocycles. The zero-order valence-corrected chi connectivity index (χ0v) is 9.80. The molecule has 0 unspecified atom stereocenters. The van der Waals surface area contributed by atoms with Crippen LogP contribution in [0.25, 0.3) is 11.2 Å². The Morgan fingerprint density at radius 1 is 1.37 bits per heavy atom. The number of aromatic amines is 1. The maximum Gasteiger partial charge on any atom is 0.280 e. The molecular weight excluding hydrogens is 249 g/mol. The van der Waals surface area contributed by atoms with Gasteiger partial charge in [-0.05, 0) is 6.07 Å². The molecule has 0 saturated carbocycles. The van der Waals surface area contributed by atoms with Crippen molar-refractivity contribution in [2.24, 2.45) is 0 Å². The minimum atomic E-state index is -0.408. The smallest absolute Gasteiger partial charge is 0.280 e. The lowest BCUT2D eigenvalue weighted by atomic mass is 10.2. The third-order valence-electron chi connectivity index (χ3n) is 2.79. The molecule has 0 aliphatic heterocycles. The molecule has 19 heavy (non-hydrogen) atoms. The molecule has 0 atom stereocenters. The van der Waals surface area contributed by atoms with Crippen molar-refractivity contribution in [2.45, 2.75) is 6.54 Å². The van der Waals surface area contributed by atoms with Crippen molar-refractivity contribution in [3.8, 4) is 0 Å². The number of nitrogens with zero attached hydrogens (tertiary/aromatic N) is 3. The Balaban J connectivity index is 2.12. The van der Waals surface area contributed by atoms with Crippen LogP contribution in [-0.2, 0) is 6.54 Å². The van der Waals surface area contributed by atoms with Crippen molar-refractivity contribution >= 4 is 17.1 Å². The van der Waals surface area contributed by atoms with Crippen molar-refractivity contribution in [1.82, 2.24) is 19.5 Å². The number of hydrogen-bond acceptors (Lipinski definition) is 4. The van der Waals surface area contributed by atoms with E-state index >= 15 is 0 Å². The normalized spacial score (nSPS) is 11.0. The topological polar surface area (TPSA) is 89.6 Å². The highest BCUT2D eigenvalue weighted by atomic mass is 19.1. The number of hydrogen-bond donors (Lipinski definition) is 2. The van der Waals surface area contributed by atoms with Crippen molar-refractivity contribution in [1.29, 1.82) is 0 Å². The lowest BCUT2D eigenvalue weighted by molar-refractivity contribution is 0.601. The Morgan fingerprint density at radius 2 is 2.16 bits per heavy atom. The van der Waals surface area contributed by atoms with E-state index < -0.39 is 5.56 Å². The molecule has 7 heteroatoms. The van der Waals surface area contributed by atoms with Crippen molar-refractivity contribution in [2.75, 3.05) is 5.73 Å². The molecule has 1 aromatic carbocycles. The van der Waals surface area contributed by atoms with Crippen LogP contribution < -0.4 is 11.3 Å². The van der Waals surface area contributed by atoms with Gasteiger partial charge in [-0.2, -0.15) is 4.98 Å².